The lowest BCUT2D eigenvalue weighted by atomic mass is 10.2. The number of benzene rings is 1. The molecule has 1 aromatic carbocycles. The molecule has 20 heavy (non-hydrogen) atoms. The molecule has 0 heterocycles. The van der Waals surface area contributed by atoms with Crippen molar-refractivity contribution in [3.8, 4) is 0 Å². The largest absolute Gasteiger partial charge is 0.336 e. The maximum atomic E-state index is 13.1. The predicted octanol–water partition coefficient (Wildman–Crippen LogP) is 5.32. The summed E-state index contributed by atoms with van der Waals surface area (Å²) in [6, 6.07) is 7.95. The standard InChI is InChI=1S/C16H27O3P/c1-13-9-8-10-14(11-13)12-20(17,18-15(2,3)4)19-16(5,6)7/h8-11H,12H2,1-7H3. The summed E-state index contributed by atoms with van der Waals surface area (Å²) in [6.07, 6.45) is 0.295. The van der Waals surface area contributed by atoms with Crippen LogP contribution in [0.4, 0.5) is 0 Å². The Morgan fingerprint density at radius 3 is 1.90 bits per heavy atom. The number of rotatable bonds is 4. The topological polar surface area (TPSA) is 35.5 Å². The first-order chi connectivity index (χ1) is 8.89. The minimum Gasteiger partial charge on any atom is -0.303 e. The third-order valence-corrected chi connectivity index (χ3v) is 4.69. The average molecular weight is 298 g/mol. The van der Waals surface area contributed by atoms with Crippen molar-refractivity contribution in [2.45, 2.75) is 65.8 Å². The number of aryl methyl sites for hydroxylation is 1. The van der Waals surface area contributed by atoms with Crippen molar-refractivity contribution in [2.24, 2.45) is 0 Å². The lowest BCUT2D eigenvalue weighted by Gasteiger charge is -2.32. The van der Waals surface area contributed by atoms with Gasteiger partial charge in [-0.25, -0.2) is 0 Å². The Labute approximate surface area is 123 Å². The van der Waals surface area contributed by atoms with Crippen LogP contribution in [-0.4, -0.2) is 11.2 Å². The highest BCUT2D eigenvalue weighted by atomic mass is 31.2. The maximum Gasteiger partial charge on any atom is 0.336 e. The highest BCUT2D eigenvalue weighted by Crippen LogP contribution is 2.56. The molecule has 0 saturated carbocycles. The fraction of sp³-hybridized carbons (Fsp3) is 0.625. The van der Waals surface area contributed by atoms with Gasteiger partial charge in [-0.15, -0.1) is 0 Å². The van der Waals surface area contributed by atoms with E-state index in [0.29, 0.717) is 6.16 Å². The Morgan fingerprint density at radius 2 is 1.50 bits per heavy atom. The fourth-order valence-electron chi connectivity index (χ4n) is 1.95. The van der Waals surface area contributed by atoms with Crippen LogP contribution in [0, 0.1) is 6.92 Å². The first kappa shape index (κ1) is 17.4. The second-order valence-electron chi connectivity index (χ2n) is 7.17. The van der Waals surface area contributed by atoms with Crippen LogP contribution < -0.4 is 0 Å². The first-order valence-electron chi connectivity index (χ1n) is 6.95. The van der Waals surface area contributed by atoms with E-state index >= 15 is 0 Å². The van der Waals surface area contributed by atoms with Crippen molar-refractivity contribution in [3.05, 3.63) is 35.4 Å². The summed E-state index contributed by atoms with van der Waals surface area (Å²) in [5, 5.41) is 0. The van der Waals surface area contributed by atoms with Crippen molar-refractivity contribution < 1.29 is 13.6 Å². The molecule has 0 unspecified atom stereocenters. The molecule has 0 spiro atoms. The zero-order valence-electron chi connectivity index (χ0n) is 13.7. The molecule has 3 nitrogen and oxygen atoms in total. The molecule has 0 atom stereocenters. The molecule has 4 heteroatoms. The predicted molar refractivity (Wildman–Crippen MR) is 84.2 cm³/mol. The van der Waals surface area contributed by atoms with Gasteiger partial charge in [0.15, 0.2) is 0 Å². The van der Waals surface area contributed by atoms with Gasteiger partial charge in [0.2, 0.25) is 0 Å². The van der Waals surface area contributed by atoms with E-state index in [0.717, 1.165) is 11.1 Å². The molecule has 0 bridgehead atoms. The van der Waals surface area contributed by atoms with Gasteiger partial charge >= 0.3 is 7.60 Å². The summed E-state index contributed by atoms with van der Waals surface area (Å²) in [5.74, 6) is 0. The van der Waals surface area contributed by atoms with Gasteiger partial charge < -0.3 is 9.05 Å². The Kier molecular flexibility index (Phi) is 5.23. The molecule has 0 fully saturated rings. The van der Waals surface area contributed by atoms with E-state index in [-0.39, 0.29) is 0 Å². The molecule has 0 aliphatic carbocycles. The molecule has 0 aromatic heterocycles. The van der Waals surface area contributed by atoms with E-state index in [9.17, 15) is 4.57 Å². The van der Waals surface area contributed by atoms with Gasteiger partial charge in [0.25, 0.3) is 0 Å². The molecule has 0 amide bonds. The van der Waals surface area contributed by atoms with Crippen molar-refractivity contribution in [1.82, 2.24) is 0 Å². The molecule has 0 aliphatic rings. The van der Waals surface area contributed by atoms with Gasteiger partial charge in [-0.1, -0.05) is 29.8 Å². The van der Waals surface area contributed by atoms with E-state index in [1.165, 1.54) is 0 Å². The quantitative estimate of drug-likeness (QED) is 0.706. The van der Waals surface area contributed by atoms with E-state index in [1.54, 1.807) is 0 Å². The third kappa shape index (κ3) is 6.69. The van der Waals surface area contributed by atoms with Crippen LogP contribution in [0.1, 0.15) is 52.7 Å². The van der Waals surface area contributed by atoms with Crippen molar-refractivity contribution in [2.75, 3.05) is 0 Å². The van der Waals surface area contributed by atoms with Gasteiger partial charge in [0, 0.05) is 0 Å². The lowest BCUT2D eigenvalue weighted by Crippen LogP contribution is -2.24. The van der Waals surface area contributed by atoms with Crippen LogP contribution >= 0.6 is 7.60 Å². The molecule has 0 radical (unpaired) electrons. The number of hydrogen-bond donors (Lipinski definition) is 0. The van der Waals surface area contributed by atoms with Crippen LogP contribution in [0.15, 0.2) is 24.3 Å². The Morgan fingerprint density at radius 1 is 1.00 bits per heavy atom. The summed E-state index contributed by atoms with van der Waals surface area (Å²) >= 11 is 0. The molecule has 0 N–H and O–H groups in total. The van der Waals surface area contributed by atoms with E-state index in [4.69, 9.17) is 9.05 Å². The van der Waals surface area contributed by atoms with E-state index in [2.05, 4.69) is 0 Å². The summed E-state index contributed by atoms with van der Waals surface area (Å²) in [5.41, 5.74) is 1.09. The second kappa shape index (κ2) is 6.01. The van der Waals surface area contributed by atoms with E-state index < -0.39 is 18.8 Å². The normalized spacial score (nSPS) is 13.6. The molecule has 0 saturated heterocycles. The average Bonchev–Trinajstić information content (AvgIpc) is 2.08. The van der Waals surface area contributed by atoms with Crippen LogP contribution in [0.25, 0.3) is 0 Å². The Balaban J connectivity index is 3.02. The van der Waals surface area contributed by atoms with Gasteiger partial charge in [0.05, 0.1) is 17.4 Å². The summed E-state index contributed by atoms with van der Waals surface area (Å²) in [6.45, 7) is 13.4. The fourth-order valence-corrected chi connectivity index (χ4v) is 4.43. The minimum absolute atomic E-state index is 0.295. The summed E-state index contributed by atoms with van der Waals surface area (Å²) in [7, 11) is -3.20. The van der Waals surface area contributed by atoms with Gasteiger partial charge in [0.1, 0.15) is 0 Å². The Bertz CT molecular complexity index is 475. The molecule has 1 aromatic rings. The van der Waals surface area contributed by atoms with Gasteiger partial charge in [-0.2, -0.15) is 0 Å². The van der Waals surface area contributed by atoms with E-state index in [1.807, 2.05) is 72.7 Å². The molecule has 114 valence electrons. The first-order valence-corrected chi connectivity index (χ1v) is 8.68. The zero-order valence-corrected chi connectivity index (χ0v) is 14.6. The monoisotopic (exact) mass is 298 g/mol. The molecular formula is C16H27O3P. The van der Waals surface area contributed by atoms with Crippen molar-refractivity contribution in [1.29, 1.82) is 0 Å². The molecular weight excluding hydrogens is 271 g/mol. The Hall–Kier alpha value is -0.630. The van der Waals surface area contributed by atoms with Crippen molar-refractivity contribution >= 4 is 7.60 Å². The van der Waals surface area contributed by atoms with Gasteiger partial charge in [-0.3, -0.25) is 4.57 Å². The van der Waals surface area contributed by atoms with Crippen LogP contribution in [0.3, 0.4) is 0 Å². The highest BCUT2D eigenvalue weighted by molar-refractivity contribution is 7.53. The summed E-state index contributed by atoms with van der Waals surface area (Å²) in [4.78, 5) is 0. The lowest BCUT2D eigenvalue weighted by molar-refractivity contribution is 0.0485. The highest BCUT2D eigenvalue weighted by Gasteiger charge is 2.35. The van der Waals surface area contributed by atoms with Crippen LogP contribution in [-0.2, 0) is 19.8 Å². The van der Waals surface area contributed by atoms with Gasteiger partial charge in [-0.05, 0) is 54.0 Å². The summed E-state index contributed by atoms with van der Waals surface area (Å²) < 4.78 is 24.6. The third-order valence-electron chi connectivity index (χ3n) is 2.28. The number of hydrogen-bond acceptors (Lipinski definition) is 3. The zero-order chi connectivity index (χ0) is 15.6. The molecule has 1 rings (SSSR count). The molecule has 0 aliphatic heterocycles. The SMILES string of the molecule is Cc1cccc(CP(=O)(OC(C)(C)C)OC(C)(C)C)c1. The van der Waals surface area contributed by atoms with Crippen molar-refractivity contribution in [3.63, 3.8) is 0 Å². The minimum atomic E-state index is -3.20. The maximum absolute atomic E-state index is 13.1. The van der Waals surface area contributed by atoms with Crippen LogP contribution in [0.2, 0.25) is 0 Å². The van der Waals surface area contributed by atoms with Crippen LogP contribution in [0.5, 0.6) is 0 Å². The smallest absolute Gasteiger partial charge is 0.303 e. The second-order valence-corrected chi connectivity index (χ2v) is 9.07.